The van der Waals surface area contributed by atoms with Crippen molar-refractivity contribution in [3.63, 3.8) is 0 Å². The minimum atomic E-state index is -0.422. The number of amides is 1. The smallest absolute Gasteiger partial charge is 0.330 e. The molecule has 1 amide bonds. The molecule has 4 nitrogen and oxygen atoms in total. The third-order valence-corrected chi connectivity index (χ3v) is 1.76. The van der Waals surface area contributed by atoms with Gasteiger partial charge in [-0.25, -0.2) is 4.79 Å². The van der Waals surface area contributed by atoms with E-state index in [1.54, 1.807) is 6.08 Å². The van der Waals surface area contributed by atoms with Crippen molar-refractivity contribution in [3.05, 3.63) is 12.2 Å². The van der Waals surface area contributed by atoms with Gasteiger partial charge in [-0.15, -0.1) is 0 Å². The summed E-state index contributed by atoms with van der Waals surface area (Å²) in [5, 5.41) is 2.67. The molecule has 1 atom stereocenters. The molecule has 1 N–H and O–H groups in total. The first-order valence-electron chi connectivity index (χ1n) is 3.78. The van der Waals surface area contributed by atoms with Crippen LogP contribution in [-0.2, 0) is 14.3 Å². The average Bonchev–Trinajstić information content (AvgIpc) is 2.47. The quantitative estimate of drug-likeness (QED) is 0.462. The highest BCUT2D eigenvalue weighted by Crippen LogP contribution is 2.10. The standard InChI is InChI=1S/C8H11NO3/c1-12-7(10)3-2-6-4-5-9-8(6)11/h2-3,6H,4-5H2,1H3,(H,9,11). The molecule has 0 saturated carbocycles. The molecule has 0 aromatic heterocycles. The number of methoxy groups -OCH3 is 1. The Kier molecular flexibility index (Phi) is 2.85. The summed E-state index contributed by atoms with van der Waals surface area (Å²) in [5.41, 5.74) is 0. The third-order valence-electron chi connectivity index (χ3n) is 1.76. The van der Waals surface area contributed by atoms with Crippen LogP contribution in [-0.4, -0.2) is 25.5 Å². The minimum absolute atomic E-state index is 0.0184. The summed E-state index contributed by atoms with van der Waals surface area (Å²) >= 11 is 0. The lowest BCUT2D eigenvalue weighted by Gasteiger charge is -1.96. The molecule has 0 aromatic carbocycles. The number of hydrogen-bond acceptors (Lipinski definition) is 3. The van der Waals surface area contributed by atoms with Crippen LogP contribution in [0.4, 0.5) is 0 Å². The SMILES string of the molecule is COC(=O)C=CC1CCNC1=O. The van der Waals surface area contributed by atoms with Crippen molar-refractivity contribution in [2.75, 3.05) is 13.7 Å². The Labute approximate surface area is 70.6 Å². The van der Waals surface area contributed by atoms with Crippen molar-refractivity contribution in [2.45, 2.75) is 6.42 Å². The Balaban J connectivity index is 2.44. The highest BCUT2D eigenvalue weighted by Gasteiger charge is 2.20. The predicted molar refractivity (Wildman–Crippen MR) is 42.3 cm³/mol. The van der Waals surface area contributed by atoms with Crippen LogP contribution in [0.15, 0.2) is 12.2 Å². The number of nitrogens with one attached hydrogen (secondary N) is 1. The number of ether oxygens (including phenoxy) is 1. The van der Waals surface area contributed by atoms with Gasteiger partial charge in [0.05, 0.1) is 13.0 Å². The summed E-state index contributed by atoms with van der Waals surface area (Å²) in [7, 11) is 1.31. The molecule has 66 valence electrons. The van der Waals surface area contributed by atoms with Gasteiger partial charge < -0.3 is 10.1 Å². The fourth-order valence-corrected chi connectivity index (χ4v) is 1.06. The van der Waals surface area contributed by atoms with E-state index in [0.29, 0.717) is 6.54 Å². The maximum atomic E-state index is 11.0. The molecule has 1 aliphatic heterocycles. The van der Waals surface area contributed by atoms with Crippen LogP contribution in [0.5, 0.6) is 0 Å². The first kappa shape index (κ1) is 8.77. The summed E-state index contributed by atoms with van der Waals surface area (Å²) in [6.07, 6.45) is 3.62. The fourth-order valence-electron chi connectivity index (χ4n) is 1.06. The van der Waals surface area contributed by atoms with Crippen LogP contribution in [0, 0.1) is 5.92 Å². The average molecular weight is 169 g/mol. The molecule has 1 fully saturated rings. The summed E-state index contributed by atoms with van der Waals surface area (Å²) in [4.78, 5) is 21.6. The molecule has 1 saturated heterocycles. The second-order valence-corrected chi connectivity index (χ2v) is 2.57. The Morgan fingerprint density at radius 3 is 3.00 bits per heavy atom. The largest absolute Gasteiger partial charge is 0.466 e. The molecule has 1 unspecified atom stereocenters. The molecule has 0 radical (unpaired) electrons. The van der Waals surface area contributed by atoms with Gasteiger partial charge in [-0.2, -0.15) is 0 Å². The van der Waals surface area contributed by atoms with Gasteiger partial charge in [0.2, 0.25) is 5.91 Å². The molecule has 0 aromatic rings. The highest BCUT2D eigenvalue weighted by atomic mass is 16.5. The molecule has 0 bridgehead atoms. The van der Waals surface area contributed by atoms with Gasteiger partial charge >= 0.3 is 5.97 Å². The third kappa shape index (κ3) is 2.08. The zero-order chi connectivity index (χ0) is 8.97. The van der Waals surface area contributed by atoms with E-state index in [1.807, 2.05) is 0 Å². The van der Waals surface area contributed by atoms with Gasteiger partial charge in [0, 0.05) is 12.6 Å². The lowest BCUT2D eigenvalue weighted by atomic mass is 10.1. The van der Waals surface area contributed by atoms with Crippen molar-refractivity contribution in [1.29, 1.82) is 0 Å². The van der Waals surface area contributed by atoms with E-state index in [2.05, 4.69) is 10.1 Å². The lowest BCUT2D eigenvalue weighted by molar-refractivity contribution is -0.134. The Morgan fingerprint density at radius 2 is 2.50 bits per heavy atom. The van der Waals surface area contributed by atoms with E-state index in [0.717, 1.165) is 6.42 Å². The molecule has 1 heterocycles. The molecule has 1 rings (SSSR count). The van der Waals surface area contributed by atoms with Crippen molar-refractivity contribution < 1.29 is 14.3 Å². The number of hydrogen-bond donors (Lipinski definition) is 1. The van der Waals surface area contributed by atoms with E-state index >= 15 is 0 Å². The van der Waals surface area contributed by atoms with Crippen molar-refractivity contribution in [3.8, 4) is 0 Å². The van der Waals surface area contributed by atoms with E-state index in [-0.39, 0.29) is 11.8 Å². The van der Waals surface area contributed by atoms with Gasteiger partial charge in [-0.1, -0.05) is 6.08 Å². The zero-order valence-corrected chi connectivity index (χ0v) is 6.87. The first-order valence-corrected chi connectivity index (χ1v) is 3.78. The van der Waals surface area contributed by atoms with Crippen molar-refractivity contribution in [1.82, 2.24) is 5.32 Å². The minimum Gasteiger partial charge on any atom is -0.466 e. The Hall–Kier alpha value is -1.32. The van der Waals surface area contributed by atoms with Gasteiger partial charge in [0.1, 0.15) is 0 Å². The van der Waals surface area contributed by atoms with Crippen molar-refractivity contribution in [2.24, 2.45) is 5.92 Å². The summed E-state index contributed by atoms with van der Waals surface area (Å²) < 4.78 is 4.39. The molecule has 1 aliphatic rings. The number of rotatable bonds is 2. The van der Waals surface area contributed by atoms with Crippen molar-refractivity contribution >= 4 is 11.9 Å². The fraction of sp³-hybridized carbons (Fsp3) is 0.500. The Bertz CT molecular complexity index is 222. The topological polar surface area (TPSA) is 55.4 Å². The summed E-state index contributed by atoms with van der Waals surface area (Å²) in [5.74, 6) is -0.603. The van der Waals surface area contributed by atoms with Gasteiger partial charge in [-0.05, 0) is 6.42 Å². The van der Waals surface area contributed by atoms with Gasteiger partial charge in [0.15, 0.2) is 0 Å². The summed E-state index contributed by atoms with van der Waals surface area (Å²) in [6.45, 7) is 0.689. The van der Waals surface area contributed by atoms with Gasteiger partial charge in [-0.3, -0.25) is 4.79 Å². The molecular formula is C8H11NO3. The van der Waals surface area contributed by atoms with Crippen LogP contribution in [0.3, 0.4) is 0 Å². The van der Waals surface area contributed by atoms with Crippen LogP contribution < -0.4 is 5.32 Å². The first-order chi connectivity index (χ1) is 5.74. The number of esters is 1. The normalized spacial score (nSPS) is 22.8. The van der Waals surface area contributed by atoms with Crippen LogP contribution >= 0.6 is 0 Å². The molecule has 0 spiro atoms. The molecule has 12 heavy (non-hydrogen) atoms. The molecular weight excluding hydrogens is 158 g/mol. The molecule has 4 heteroatoms. The maximum Gasteiger partial charge on any atom is 0.330 e. The maximum absolute atomic E-state index is 11.0. The monoisotopic (exact) mass is 169 g/mol. The highest BCUT2D eigenvalue weighted by molar-refractivity contribution is 5.86. The summed E-state index contributed by atoms with van der Waals surface area (Å²) in [6, 6.07) is 0. The van der Waals surface area contributed by atoms with E-state index < -0.39 is 5.97 Å². The number of carbonyl (C=O) groups excluding carboxylic acids is 2. The predicted octanol–water partition coefficient (Wildman–Crippen LogP) is -0.148. The van der Waals surface area contributed by atoms with E-state index in [9.17, 15) is 9.59 Å². The van der Waals surface area contributed by atoms with Crippen LogP contribution in [0.25, 0.3) is 0 Å². The lowest BCUT2D eigenvalue weighted by Crippen LogP contribution is -2.17. The van der Waals surface area contributed by atoms with Crippen LogP contribution in [0.1, 0.15) is 6.42 Å². The van der Waals surface area contributed by atoms with Crippen LogP contribution in [0.2, 0.25) is 0 Å². The van der Waals surface area contributed by atoms with E-state index in [1.165, 1.54) is 13.2 Å². The van der Waals surface area contributed by atoms with Gasteiger partial charge in [0.25, 0.3) is 0 Å². The number of carbonyl (C=O) groups is 2. The zero-order valence-electron chi connectivity index (χ0n) is 6.87. The Morgan fingerprint density at radius 1 is 1.75 bits per heavy atom. The second kappa shape index (κ2) is 3.90. The molecule has 0 aliphatic carbocycles. The van der Waals surface area contributed by atoms with E-state index in [4.69, 9.17) is 0 Å². The second-order valence-electron chi connectivity index (χ2n) is 2.57.